The third kappa shape index (κ3) is 6.59. The topological polar surface area (TPSA) is 123 Å². The van der Waals surface area contributed by atoms with Gasteiger partial charge in [0.25, 0.3) is 0 Å². The van der Waals surface area contributed by atoms with Crippen molar-refractivity contribution in [1.82, 2.24) is 24.9 Å². The number of carbonyl (C=O) groups excluding carboxylic acids is 3. The van der Waals surface area contributed by atoms with Crippen LogP contribution in [-0.4, -0.2) is 76.1 Å². The van der Waals surface area contributed by atoms with Crippen molar-refractivity contribution in [3.63, 3.8) is 0 Å². The smallest absolute Gasteiger partial charge is 0.243 e. The number of nitrogens with zero attached hydrogens (tertiary/aromatic N) is 4. The summed E-state index contributed by atoms with van der Waals surface area (Å²) in [4.78, 5) is 43.2. The van der Waals surface area contributed by atoms with Crippen molar-refractivity contribution in [2.24, 2.45) is 18.7 Å². The van der Waals surface area contributed by atoms with Crippen molar-refractivity contribution < 1.29 is 19.1 Å². The number of nitrogens with one attached hydrogen (secondary N) is 1. The Morgan fingerprint density at radius 2 is 1.81 bits per heavy atom. The van der Waals surface area contributed by atoms with Crippen molar-refractivity contribution in [2.75, 3.05) is 26.7 Å². The van der Waals surface area contributed by atoms with Gasteiger partial charge in [0, 0.05) is 45.0 Å². The number of amides is 3. The van der Waals surface area contributed by atoms with Crippen LogP contribution in [0.4, 0.5) is 0 Å². The molecular formula is C32H42N6O4. The average Bonchev–Trinajstić information content (AvgIpc) is 3.74. The SMILES string of the molecule is COc1ccc(C[C@@H]2C[C@@H](C(=O)NCc3ccc4c(C)nn(C)c4c3)N(C(=O)[C@H](N)CCC(=O)N3CCCC3)C2)cc1. The monoisotopic (exact) mass is 574 g/mol. The molecule has 2 aliphatic heterocycles. The van der Waals surface area contributed by atoms with Gasteiger partial charge < -0.3 is 25.6 Å². The van der Waals surface area contributed by atoms with Crippen molar-refractivity contribution in [2.45, 2.75) is 64.1 Å². The minimum Gasteiger partial charge on any atom is -0.497 e. The van der Waals surface area contributed by atoms with E-state index in [1.54, 1.807) is 12.0 Å². The van der Waals surface area contributed by atoms with Crippen molar-refractivity contribution in [3.05, 3.63) is 59.3 Å². The Labute approximate surface area is 247 Å². The molecule has 0 unspecified atom stereocenters. The quantitative estimate of drug-likeness (QED) is 0.384. The van der Waals surface area contributed by atoms with Crippen LogP contribution in [0.3, 0.4) is 0 Å². The molecule has 2 saturated heterocycles. The van der Waals surface area contributed by atoms with Gasteiger partial charge in [0.15, 0.2) is 0 Å². The van der Waals surface area contributed by atoms with Gasteiger partial charge in [0.05, 0.1) is 24.4 Å². The molecule has 5 rings (SSSR count). The molecule has 2 aliphatic rings. The molecule has 3 heterocycles. The van der Waals surface area contributed by atoms with Gasteiger partial charge in [-0.15, -0.1) is 0 Å². The van der Waals surface area contributed by atoms with Gasteiger partial charge >= 0.3 is 0 Å². The first-order valence-corrected chi connectivity index (χ1v) is 14.9. The molecular weight excluding hydrogens is 532 g/mol. The zero-order chi connectivity index (χ0) is 29.8. The van der Waals surface area contributed by atoms with E-state index < -0.39 is 12.1 Å². The molecule has 0 aliphatic carbocycles. The van der Waals surface area contributed by atoms with E-state index >= 15 is 0 Å². The first kappa shape index (κ1) is 29.6. The first-order valence-electron chi connectivity index (χ1n) is 14.9. The highest BCUT2D eigenvalue weighted by Gasteiger charge is 2.41. The average molecular weight is 575 g/mol. The largest absolute Gasteiger partial charge is 0.497 e. The summed E-state index contributed by atoms with van der Waals surface area (Å²) in [5.41, 5.74) is 10.4. The predicted molar refractivity (Wildman–Crippen MR) is 161 cm³/mol. The second-order valence-corrected chi connectivity index (χ2v) is 11.7. The summed E-state index contributed by atoms with van der Waals surface area (Å²) in [6.45, 7) is 4.31. The molecule has 224 valence electrons. The van der Waals surface area contributed by atoms with Crippen molar-refractivity contribution in [3.8, 4) is 5.75 Å². The maximum atomic E-state index is 13.6. The third-order valence-corrected chi connectivity index (χ3v) is 8.67. The Kier molecular flexibility index (Phi) is 9.11. The normalized spacial score (nSPS) is 19.3. The number of carbonyl (C=O) groups is 3. The molecule has 2 fully saturated rings. The molecule has 3 N–H and O–H groups in total. The molecule has 0 spiro atoms. The van der Waals surface area contributed by atoms with Crippen LogP contribution >= 0.6 is 0 Å². The minimum absolute atomic E-state index is 0.0458. The number of likely N-dealkylation sites (tertiary alicyclic amines) is 2. The van der Waals surface area contributed by atoms with E-state index in [0.717, 1.165) is 65.8 Å². The summed E-state index contributed by atoms with van der Waals surface area (Å²) < 4.78 is 7.12. The van der Waals surface area contributed by atoms with E-state index in [0.29, 0.717) is 19.5 Å². The number of fused-ring (bicyclic) bond motifs is 1. The van der Waals surface area contributed by atoms with Gasteiger partial charge in [-0.2, -0.15) is 5.10 Å². The fourth-order valence-electron chi connectivity index (χ4n) is 6.30. The number of methoxy groups -OCH3 is 1. The Bertz CT molecular complexity index is 1430. The van der Waals surface area contributed by atoms with Crippen LogP contribution in [0.1, 0.15) is 48.9 Å². The maximum Gasteiger partial charge on any atom is 0.243 e. The lowest BCUT2D eigenvalue weighted by Crippen LogP contribution is -2.51. The Morgan fingerprint density at radius 1 is 1.10 bits per heavy atom. The molecule has 2 aromatic carbocycles. The standard InChI is InChI=1S/C32H42N6O4/c1-21-26-11-8-23(17-28(26)36(2)35-21)19-34-31(40)29-18-24(16-22-6-9-25(42-3)10-7-22)20-38(29)32(41)27(33)12-13-30(39)37-14-4-5-15-37/h6-11,17,24,27,29H,4-5,12-16,18-20,33H2,1-3H3,(H,34,40)/t24-,27-,29+/m1/s1. The highest BCUT2D eigenvalue weighted by molar-refractivity contribution is 5.91. The molecule has 1 aromatic heterocycles. The van der Waals surface area contributed by atoms with E-state index in [1.165, 1.54) is 0 Å². The second kappa shape index (κ2) is 12.9. The summed E-state index contributed by atoms with van der Waals surface area (Å²) in [7, 11) is 3.54. The predicted octanol–water partition coefficient (Wildman–Crippen LogP) is 2.70. The first-order chi connectivity index (χ1) is 20.2. The zero-order valence-electron chi connectivity index (χ0n) is 24.8. The molecule has 3 amide bonds. The number of hydrogen-bond donors (Lipinski definition) is 2. The zero-order valence-corrected chi connectivity index (χ0v) is 24.8. The van der Waals surface area contributed by atoms with E-state index in [2.05, 4.69) is 10.4 Å². The van der Waals surface area contributed by atoms with Crippen LogP contribution in [0.5, 0.6) is 5.75 Å². The summed E-state index contributed by atoms with van der Waals surface area (Å²) in [6, 6.07) is 12.5. The molecule has 0 bridgehead atoms. The number of rotatable bonds is 10. The van der Waals surface area contributed by atoms with Gasteiger partial charge in [-0.05, 0) is 74.3 Å². The van der Waals surface area contributed by atoms with Gasteiger partial charge in [-0.25, -0.2) is 0 Å². The number of ether oxygens (including phenoxy) is 1. The lowest BCUT2D eigenvalue weighted by atomic mass is 9.96. The summed E-state index contributed by atoms with van der Waals surface area (Å²) in [6.07, 6.45) is 3.83. The molecule has 3 atom stereocenters. The summed E-state index contributed by atoms with van der Waals surface area (Å²) in [5.74, 6) is 0.471. The van der Waals surface area contributed by atoms with Crippen molar-refractivity contribution in [1.29, 1.82) is 0 Å². The van der Waals surface area contributed by atoms with Crippen molar-refractivity contribution >= 4 is 28.6 Å². The third-order valence-electron chi connectivity index (χ3n) is 8.67. The lowest BCUT2D eigenvalue weighted by molar-refractivity contribution is -0.140. The number of aromatic nitrogens is 2. The van der Waals surface area contributed by atoms with Gasteiger partial charge in [-0.1, -0.05) is 24.3 Å². The van der Waals surface area contributed by atoms with E-state index in [-0.39, 0.29) is 36.5 Å². The van der Waals surface area contributed by atoms with Crippen LogP contribution in [0, 0.1) is 12.8 Å². The van der Waals surface area contributed by atoms with Crippen LogP contribution in [-0.2, 0) is 34.4 Å². The fraction of sp³-hybridized carbons (Fsp3) is 0.500. The highest BCUT2D eigenvalue weighted by atomic mass is 16.5. The summed E-state index contributed by atoms with van der Waals surface area (Å²) in [5, 5.41) is 8.62. The number of hydrogen-bond acceptors (Lipinski definition) is 6. The van der Waals surface area contributed by atoms with Crippen LogP contribution in [0.15, 0.2) is 42.5 Å². The van der Waals surface area contributed by atoms with Crippen LogP contribution < -0.4 is 15.8 Å². The van der Waals surface area contributed by atoms with Crippen LogP contribution in [0.25, 0.3) is 10.9 Å². The molecule has 42 heavy (non-hydrogen) atoms. The van der Waals surface area contributed by atoms with Gasteiger partial charge in [-0.3, -0.25) is 19.1 Å². The lowest BCUT2D eigenvalue weighted by Gasteiger charge is -2.27. The Balaban J connectivity index is 1.26. The van der Waals surface area contributed by atoms with E-state index in [9.17, 15) is 14.4 Å². The highest BCUT2D eigenvalue weighted by Crippen LogP contribution is 2.29. The van der Waals surface area contributed by atoms with E-state index in [4.69, 9.17) is 10.5 Å². The molecule has 3 aromatic rings. The maximum absolute atomic E-state index is 13.6. The van der Waals surface area contributed by atoms with Crippen LogP contribution in [0.2, 0.25) is 0 Å². The molecule has 0 radical (unpaired) electrons. The molecule has 10 heteroatoms. The summed E-state index contributed by atoms with van der Waals surface area (Å²) >= 11 is 0. The number of benzene rings is 2. The number of aryl methyl sites for hydroxylation is 2. The number of nitrogens with two attached hydrogens (primary N) is 1. The minimum atomic E-state index is -0.831. The van der Waals surface area contributed by atoms with Gasteiger partial charge in [0.2, 0.25) is 17.7 Å². The van der Waals surface area contributed by atoms with E-state index in [1.807, 2.05) is 66.0 Å². The second-order valence-electron chi connectivity index (χ2n) is 11.7. The fourth-order valence-corrected chi connectivity index (χ4v) is 6.30. The van der Waals surface area contributed by atoms with Gasteiger partial charge in [0.1, 0.15) is 11.8 Å². The Morgan fingerprint density at radius 3 is 2.52 bits per heavy atom. The molecule has 0 saturated carbocycles. The molecule has 10 nitrogen and oxygen atoms in total. The Hall–Kier alpha value is -3.92.